The third-order valence-electron chi connectivity index (χ3n) is 3.15. The second kappa shape index (κ2) is 5.65. The van der Waals surface area contributed by atoms with Gasteiger partial charge in [0.1, 0.15) is 0 Å². The molecule has 0 unspecified atom stereocenters. The summed E-state index contributed by atoms with van der Waals surface area (Å²) in [6, 6.07) is 8.03. The summed E-state index contributed by atoms with van der Waals surface area (Å²) in [5, 5.41) is 3.23. The van der Waals surface area contributed by atoms with E-state index in [1.54, 1.807) is 0 Å². The molecule has 1 fully saturated rings. The van der Waals surface area contributed by atoms with Crippen LogP contribution in [0, 0.1) is 5.92 Å². The number of carbonyl (C=O) groups excluding carboxylic acids is 1. The number of benzene rings is 1. The molecule has 17 heavy (non-hydrogen) atoms. The number of nitrogens with one attached hydrogen (secondary N) is 1. The number of carbonyl (C=O) groups is 1. The van der Waals surface area contributed by atoms with Gasteiger partial charge in [0.15, 0.2) is 0 Å². The highest BCUT2D eigenvalue weighted by Crippen LogP contribution is 2.19. The van der Waals surface area contributed by atoms with E-state index in [4.69, 9.17) is 0 Å². The number of amides is 1. The third-order valence-corrected chi connectivity index (χ3v) is 3.92. The van der Waals surface area contributed by atoms with Crippen LogP contribution < -0.4 is 5.32 Å². The number of hydrogen-bond acceptors (Lipinski definition) is 2. The maximum absolute atomic E-state index is 12.1. The Morgan fingerprint density at radius 3 is 2.94 bits per heavy atom. The summed E-state index contributed by atoms with van der Waals surface area (Å²) in [4.78, 5) is 13.9. The van der Waals surface area contributed by atoms with Gasteiger partial charge in [0, 0.05) is 24.6 Å². The first-order valence-corrected chi connectivity index (χ1v) is 6.67. The molecule has 0 aliphatic carbocycles. The van der Waals surface area contributed by atoms with Crippen LogP contribution in [0.5, 0.6) is 0 Å². The summed E-state index contributed by atoms with van der Waals surface area (Å²) in [5.41, 5.74) is 1.15. The second-order valence-corrected chi connectivity index (χ2v) is 5.33. The largest absolute Gasteiger partial charge is 0.341 e. The minimum absolute atomic E-state index is 0.155. The topological polar surface area (TPSA) is 32.3 Å². The van der Waals surface area contributed by atoms with Crippen molar-refractivity contribution in [1.82, 2.24) is 10.2 Å². The summed E-state index contributed by atoms with van der Waals surface area (Å²) < 4.78 is 1.06. The molecule has 2 rings (SSSR count). The van der Waals surface area contributed by atoms with Gasteiger partial charge in [-0.3, -0.25) is 4.79 Å². The van der Waals surface area contributed by atoms with Crippen LogP contribution in [-0.4, -0.2) is 30.9 Å². The summed E-state index contributed by atoms with van der Waals surface area (Å²) in [6.07, 6.45) is 0.957. The SMILES string of the molecule is CN(Cc1ccccc1Br)C(=O)[C@@H]1CCNC1. The highest BCUT2D eigenvalue weighted by atomic mass is 79.9. The van der Waals surface area contributed by atoms with E-state index < -0.39 is 0 Å². The summed E-state index contributed by atoms with van der Waals surface area (Å²) in [6.45, 7) is 2.44. The molecule has 1 aromatic carbocycles. The van der Waals surface area contributed by atoms with Crippen LogP contribution in [0.3, 0.4) is 0 Å². The first-order valence-electron chi connectivity index (χ1n) is 5.87. The normalized spacial score (nSPS) is 19.3. The molecule has 0 saturated carbocycles. The van der Waals surface area contributed by atoms with Crippen LogP contribution in [0.25, 0.3) is 0 Å². The molecule has 1 amide bonds. The molecule has 0 bridgehead atoms. The van der Waals surface area contributed by atoms with Crippen molar-refractivity contribution >= 4 is 21.8 Å². The first kappa shape index (κ1) is 12.6. The maximum atomic E-state index is 12.1. The van der Waals surface area contributed by atoms with Gasteiger partial charge < -0.3 is 10.2 Å². The van der Waals surface area contributed by atoms with Crippen LogP contribution in [0.15, 0.2) is 28.7 Å². The molecule has 1 saturated heterocycles. The minimum atomic E-state index is 0.155. The summed E-state index contributed by atoms with van der Waals surface area (Å²) in [7, 11) is 1.88. The lowest BCUT2D eigenvalue weighted by molar-refractivity contribution is -0.134. The molecule has 1 N–H and O–H groups in total. The molecule has 3 nitrogen and oxygen atoms in total. The van der Waals surface area contributed by atoms with Crippen LogP contribution in [-0.2, 0) is 11.3 Å². The van der Waals surface area contributed by atoms with Gasteiger partial charge in [-0.25, -0.2) is 0 Å². The molecule has 1 heterocycles. The van der Waals surface area contributed by atoms with Gasteiger partial charge in [0.2, 0.25) is 5.91 Å². The fourth-order valence-electron chi connectivity index (χ4n) is 2.14. The zero-order valence-corrected chi connectivity index (χ0v) is 11.5. The number of rotatable bonds is 3. The second-order valence-electron chi connectivity index (χ2n) is 4.48. The van der Waals surface area contributed by atoms with E-state index in [1.165, 1.54) is 0 Å². The third kappa shape index (κ3) is 3.07. The van der Waals surface area contributed by atoms with Crippen molar-refractivity contribution in [3.63, 3.8) is 0 Å². The number of halogens is 1. The Balaban J connectivity index is 1.99. The van der Waals surface area contributed by atoms with Gasteiger partial charge in [-0.1, -0.05) is 34.1 Å². The van der Waals surface area contributed by atoms with Crippen LogP contribution >= 0.6 is 15.9 Å². The maximum Gasteiger partial charge on any atom is 0.227 e. The predicted molar refractivity (Wildman–Crippen MR) is 71.6 cm³/mol. The van der Waals surface area contributed by atoms with E-state index >= 15 is 0 Å². The van der Waals surface area contributed by atoms with Gasteiger partial charge in [0.25, 0.3) is 0 Å². The van der Waals surface area contributed by atoms with Crippen molar-refractivity contribution in [2.24, 2.45) is 5.92 Å². The molecule has 0 radical (unpaired) electrons. The Morgan fingerprint density at radius 2 is 2.29 bits per heavy atom. The highest BCUT2D eigenvalue weighted by molar-refractivity contribution is 9.10. The Labute approximate surface area is 110 Å². The monoisotopic (exact) mass is 296 g/mol. The van der Waals surface area contributed by atoms with E-state index in [0.717, 1.165) is 29.5 Å². The quantitative estimate of drug-likeness (QED) is 0.925. The van der Waals surface area contributed by atoms with Crippen molar-refractivity contribution in [3.05, 3.63) is 34.3 Å². The average molecular weight is 297 g/mol. The molecule has 0 aromatic heterocycles. The van der Waals surface area contributed by atoms with Crippen LogP contribution in [0.2, 0.25) is 0 Å². The number of nitrogens with zero attached hydrogens (tertiary/aromatic N) is 1. The van der Waals surface area contributed by atoms with E-state index in [9.17, 15) is 4.79 Å². The molecule has 92 valence electrons. The zero-order chi connectivity index (χ0) is 12.3. The van der Waals surface area contributed by atoms with Crippen molar-refractivity contribution in [3.8, 4) is 0 Å². The van der Waals surface area contributed by atoms with Crippen LogP contribution in [0.4, 0.5) is 0 Å². The van der Waals surface area contributed by atoms with Gasteiger partial charge in [0.05, 0.1) is 5.92 Å². The lowest BCUT2D eigenvalue weighted by atomic mass is 10.1. The number of hydrogen-bond donors (Lipinski definition) is 1. The molecule has 1 aromatic rings. The lowest BCUT2D eigenvalue weighted by Crippen LogP contribution is -2.33. The highest BCUT2D eigenvalue weighted by Gasteiger charge is 2.25. The average Bonchev–Trinajstić information content (AvgIpc) is 2.84. The fraction of sp³-hybridized carbons (Fsp3) is 0.462. The standard InChI is InChI=1S/C13H17BrN2O/c1-16(13(17)10-6-7-15-8-10)9-11-4-2-3-5-12(11)14/h2-5,10,15H,6-9H2,1H3/t10-/m1/s1. The van der Waals surface area contributed by atoms with Crippen molar-refractivity contribution in [1.29, 1.82) is 0 Å². The van der Waals surface area contributed by atoms with E-state index in [2.05, 4.69) is 21.2 Å². The van der Waals surface area contributed by atoms with E-state index in [-0.39, 0.29) is 11.8 Å². The molecular formula is C13H17BrN2O. The Hall–Kier alpha value is -0.870. The Kier molecular flexibility index (Phi) is 4.18. The van der Waals surface area contributed by atoms with Gasteiger partial charge in [-0.15, -0.1) is 0 Å². The van der Waals surface area contributed by atoms with Crippen LogP contribution in [0.1, 0.15) is 12.0 Å². The van der Waals surface area contributed by atoms with Crippen molar-refractivity contribution in [2.45, 2.75) is 13.0 Å². The first-order chi connectivity index (χ1) is 8.18. The molecule has 1 aliphatic heterocycles. The Bertz CT molecular complexity index is 402. The minimum Gasteiger partial charge on any atom is -0.341 e. The van der Waals surface area contributed by atoms with E-state index in [0.29, 0.717) is 6.54 Å². The molecule has 4 heteroatoms. The van der Waals surface area contributed by atoms with Gasteiger partial charge in [-0.05, 0) is 24.6 Å². The molecule has 1 atom stereocenters. The zero-order valence-electron chi connectivity index (χ0n) is 9.95. The fourth-order valence-corrected chi connectivity index (χ4v) is 2.55. The molecule has 1 aliphatic rings. The van der Waals surface area contributed by atoms with Crippen molar-refractivity contribution < 1.29 is 4.79 Å². The lowest BCUT2D eigenvalue weighted by Gasteiger charge is -2.21. The summed E-state index contributed by atoms with van der Waals surface area (Å²) >= 11 is 3.51. The Morgan fingerprint density at radius 1 is 1.53 bits per heavy atom. The van der Waals surface area contributed by atoms with Crippen molar-refractivity contribution in [2.75, 3.05) is 20.1 Å². The van der Waals surface area contributed by atoms with E-state index in [1.807, 2.05) is 36.2 Å². The summed E-state index contributed by atoms with van der Waals surface area (Å²) in [5.74, 6) is 0.397. The smallest absolute Gasteiger partial charge is 0.227 e. The molecule has 0 spiro atoms. The van der Waals surface area contributed by atoms with Gasteiger partial charge in [-0.2, -0.15) is 0 Å². The predicted octanol–water partition coefficient (Wildman–Crippen LogP) is 2.02. The molecular weight excluding hydrogens is 280 g/mol. The van der Waals surface area contributed by atoms with Gasteiger partial charge >= 0.3 is 0 Å².